The van der Waals surface area contributed by atoms with Gasteiger partial charge in [-0.2, -0.15) is 0 Å². The molecule has 1 saturated carbocycles. The van der Waals surface area contributed by atoms with Crippen molar-refractivity contribution >= 4 is 11.7 Å². The minimum atomic E-state index is -0.661. The third-order valence-electron chi connectivity index (χ3n) is 3.87. The van der Waals surface area contributed by atoms with Crippen LogP contribution in [0.3, 0.4) is 0 Å². The van der Waals surface area contributed by atoms with E-state index >= 15 is 0 Å². The van der Waals surface area contributed by atoms with Gasteiger partial charge in [-0.15, -0.1) is 0 Å². The third-order valence-corrected chi connectivity index (χ3v) is 3.87. The fraction of sp³-hybridized carbons (Fsp3) is 0.538. The third kappa shape index (κ3) is 1.75. The van der Waals surface area contributed by atoms with Crippen LogP contribution in [0, 0.1) is 5.92 Å². The van der Waals surface area contributed by atoms with Gasteiger partial charge in [-0.05, 0) is 31.7 Å². The highest BCUT2D eigenvalue weighted by molar-refractivity contribution is 5.99. The summed E-state index contributed by atoms with van der Waals surface area (Å²) in [5.41, 5.74) is 0.264. The lowest BCUT2D eigenvalue weighted by molar-refractivity contribution is -0.0959. The second-order valence-electron chi connectivity index (χ2n) is 5.40. The standard InChI is InChI=1S/C13H16N2O3/c1-8(16)9-4-11(14-5-9)12(17)15-6-13(18,7-15)10-2-3-10/h4-5,10,14,18H,2-3,6-7H2,1H3. The van der Waals surface area contributed by atoms with E-state index in [0.29, 0.717) is 30.3 Å². The number of amides is 1. The van der Waals surface area contributed by atoms with Gasteiger partial charge < -0.3 is 15.0 Å². The molecule has 5 nitrogen and oxygen atoms in total. The van der Waals surface area contributed by atoms with Crippen molar-refractivity contribution in [1.29, 1.82) is 0 Å². The van der Waals surface area contributed by atoms with Gasteiger partial charge in [-0.25, -0.2) is 0 Å². The predicted molar refractivity (Wildman–Crippen MR) is 64.4 cm³/mol. The monoisotopic (exact) mass is 248 g/mol. The molecule has 5 heteroatoms. The maximum atomic E-state index is 12.1. The van der Waals surface area contributed by atoms with Crippen LogP contribution < -0.4 is 0 Å². The molecule has 2 heterocycles. The van der Waals surface area contributed by atoms with Gasteiger partial charge in [0.15, 0.2) is 5.78 Å². The van der Waals surface area contributed by atoms with Crippen molar-refractivity contribution in [2.24, 2.45) is 5.92 Å². The molecule has 96 valence electrons. The second-order valence-corrected chi connectivity index (χ2v) is 5.40. The van der Waals surface area contributed by atoms with Crippen molar-refractivity contribution in [1.82, 2.24) is 9.88 Å². The topological polar surface area (TPSA) is 73.4 Å². The Morgan fingerprint density at radius 1 is 1.44 bits per heavy atom. The zero-order valence-corrected chi connectivity index (χ0v) is 10.3. The minimum Gasteiger partial charge on any atom is -0.386 e. The lowest BCUT2D eigenvalue weighted by Crippen LogP contribution is -2.64. The minimum absolute atomic E-state index is 0.0663. The number of rotatable bonds is 3. The van der Waals surface area contributed by atoms with E-state index in [4.69, 9.17) is 0 Å². The first-order valence-electron chi connectivity index (χ1n) is 6.20. The number of hydrogen-bond acceptors (Lipinski definition) is 3. The molecule has 1 amide bonds. The first kappa shape index (κ1) is 11.5. The van der Waals surface area contributed by atoms with Crippen LogP contribution in [0.4, 0.5) is 0 Å². The van der Waals surface area contributed by atoms with Gasteiger partial charge in [0.25, 0.3) is 5.91 Å². The predicted octanol–water partition coefficient (Wildman–Crippen LogP) is 0.814. The largest absolute Gasteiger partial charge is 0.386 e. The van der Waals surface area contributed by atoms with E-state index < -0.39 is 5.60 Å². The van der Waals surface area contributed by atoms with Crippen molar-refractivity contribution in [2.75, 3.05) is 13.1 Å². The number of carbonyl (C=O) groups excluding carboxylic acids is 2. The number of ketones is 1. The molecule has 3 rings (SSSR count). The van der Waals surface area contributed by atoms with E-state index in [9.17, 15) is 14.7 Å². The molecule has 2 aliphatic rings. The summed E-state index contributed by atoms with van der Waals surface area (Å²) in [6, 6.07) is 1.57. The highest BCUT2D eigenvalue weighted by atomic mass is 16.3. The summed E-state index contributed by atoms with van der Waals surface area (Å²) in [6.07, 6.45) is 3.67. The molecule has 0 atom stereocenters. The Kier molecular flexibility index (Phi) is 2.35. The Bertz CT molecular complexity index is 510. The number of likely N-dealkylation sites (tertiary alicyclic amines) is 1. The van der Waals surface area contributed by atoms with Gasteiger partial charge in [-0.1, -0.05) is 0 Å². The molecule has 1 aliphatic carbocycles. The van der Waals surface area contributed by atoms with Crippen LogP contribution in [-0.2, 0) is 0 Å². The summed E-state index contributed by atoms with van der Waals surface area (Å²) in [7, 11) is 0. The molecule has 1 aromatic heterocycles. The summed E-state index contributed by atoms with van der Waals surface area (Å²) in [5.74, 6) is 0.161. The van der Waals surface area contributed by atoms with Gasteiger partial charge in [0, 0.05) is 11.8 Å². The van der Waals surface area contributed by atoms with Crippen LogP contribution in [0.1, 0.15) is 40.6 Å². The number of aromatic nitrogens is 1. The zero-order valence-electron chi connectivity index (χ0n) is 10.3. The molecule has 2 N–H and O–H groups in total. The molecule has 18 heavy (non-hydrogen) atoms. The van der Waals surface area contributed by atoms with E-state index in [1.807, 2.05) is 0 Å². The summed E-state index contributed by atoms with van der Waals surface area (Å²) in [4.78, 5) is 27.6. The highest BCUT2D eigenvalue weighted by Crippen LogP contribution is 2.44. The molecule has 0 aromatic carbocycles. The van der Waals surface area contributed by atoms with E-state index in [0.717, 1.165) is 12.8 Å². The van der Waals surface area contributed by atoms with Crippen molar-refractivity contribution < 1.29 is 14.7 Å². The van der Waals surface area contributed by atoms with Crippen LogP contribution in [0.5, 0.6) is 0 Å². The van der Waals surface area contributed by atoms with Gasteiger partial charge in [0.05, 0.1) is 13.1 Å². The number of aliphatic hydroxyl groups is 1. The number of H-pyrrole nitrogens is 1. The number of β-amino-alcohol motifs (C(OH)–C–C–N with tert-alkyl or cyclic N) is 1. The first-order valence-corrected chi connectivity index (χ1v) is 6.20. The summed E-state index contributed by atoms with van der Waals surface area (Å²) >= 11 is 0. The van der Waals surface area contributed by atoms with Crippen LogP contribution >= 0.6 is 0 Å². The fourth-order valence-corrected chi connectivity index (χ4v) is 2.53. The Labute approximate surface area is 105 Å². The Morgan fingerprint density at radius 3 is 2.61 bits per heavy atom. The zero-order chi connectivity index (χ0) is 12.9. The summed E-state index contributed by atoms with van der Waals surface area (Å²) in [6.45, 7) is 2.28. The molecular formula is C13H16N2O3. The Balaban J connectivity index is 1.66. The number of aromatic amines is 1. The number of carbonyl (C=O) groups is 2. The first-order chi connectivity index (χ1) is 8.49. The van der Waals surface area contributed by atoms with Gasteiger partial charge in [-0.3, -0.25) is 9.59 Å². The maximum absolute atomic E-state index is 12.1. The highest BCUT2D eigenvalue weighted by Gasteiger charge is 2.53. The average Bonchev–Trinajstić information content (AvgIpc) is 3.01. The smallest absolute Gasteiger partial charge is 0.270 e. The quantitative estimate of drug-likeness (QED) is 0.778. The normalized spacial score (nSPS) is 21.6. The van der Waals surface area contributed by atoms with Crippen molar-refractivity contribution in [3.05, 3.63) is 23.5 Å². The molecule has 1 aromatic rings. The summed E-state index contributed by atoms with van der Waals surface area (Å²) < 4.78 is 0. The molecule has 0 radical (unpaired) electrons. The SMILES string of the molecule is CC(=O)c1c[nH]c(C(=O)N2CC(O)(C3CC3)C2)c1. The van der Waals surface area contributed by atoms with Crippen molar-refractivity contribution in [3.8, 4) is 0 Å². The molecule has 2 fully saturated rings. The Hall–Kier alpha value is -1.62. The van der Waals surface area contributed by atoms with Crippen LogP contribution in [0.2, 0.25) is 0 Å². The lowest BCUT2D eigenvalue weighted by Gasteiger charge is -2.46. The van der Waals surface area contributed by atoms with Gasteiger partial charge in [0.1, 0.15) is 11.3 Å². The molecular weight excluding hydrogens is 232 g/mol. The molecule has 0 bridgehead atoms. The number of nitrogens with zero attached hydrogens (tertiary/aromatic N) is 1. The van der Waals surface area contributed by atoms with E-state index in [2.05, 4.69) is 4.98 Å². The van der Waals surface area contributed by atoms with Gasteiger partial charge >= 0.3 is 0 Å². The van der Waals surface area contributed by atoms with E-state index in [1.54, 1.807) is 17.2 Å². The van der Waals surface area contributed by atoms with Crippen molar-refractivity contribution in [3.63, 3.8) is 0 Å². The van der Waals surface area contributed by atoms with E-state index in [-0.39, 0.29) is 11.7 Å². The summed E-state index contributed by atoms with van der Waals surface area (Å²) in [5, 5.41) is 10.2. The fourth-order valence-electron chi connectivity index (χ4n) is 2.53. The second kappa shape index (κ2) is 3.68. The molecule has 0 spiro atoms. The van der Waals surface area contributed by atoms with Crippen LogP contribution in [0.15, 0.2) is 12.3 Å². The number of Topliss-reactive ketones (excluding diaryl/α,β-unsaturated/α-hetero) is 1. The van der Waals surface area contributed by atoms with Crippen LogP contribution in [-0.4, -0.2) is 45.4 Å². The molecule has 0 unspecified atom stereocenters. The lowest BCUT2D eigenvalue weighted by atomic mass is 9.88. The number of hydrogen-bond donors (Lipinski definition) is 2. The van der Waals surface area contributed by atoms with Crippen molar-refractivity contribution in [2.45, 2.75) is 25.4 Å². The molecule has 1 saturated heterocycles. The Morgan fingerprint density at radius 2 is 2.11 bits per heavy atom. The average molecular weight is 248 g/mol. The van der Waals surface area contributed by atoms with E-state index in [1.165, 1.54) is 6.92 Å². The number of nitrogens with one attached hydrogen (secondary N) is 1. The van der Waals surface area contributed by atoms with Crippen LogP contribution in [0.25, 0.3) is 0 Å². The molecule has 1 aliphatic heterocycles. The van der Waals surface area contributed by atoms with Gasteiger partial charge in [0.2, 0.25) is 0 Å². The maximum Gasteiger partial charge on any atom is 0.270 e.